The van der Waals surface area contributed by atoms with Crippen LogP contribution in [0.2, 0.25) is 0 Å². The second-order valence-electron chi connectivity index (χ2n) is 6.51. The Hall–Kier alpha value is -1.05. The first-order chi connectivity index (χ1) is 11.9. The van der Waals surface area contributed by atoms with Crippen LogP contribution in [0.15, 0.2) is 30.3 Å². The fraction of sp³-hybridized carbons (Fsp3) is 0.611. The molecule has 7 heteroatoms. The Balaban J connectivity index is 1.93. The predicted molar refractivity (Wildman–Crippen MR) is 104 cm³/mol. The van der Waals surface area contributed by atoms with E-state index in [9.17, 15) is 13.2 Å². The molecule has 2 rings (SSSR count). The maximum Gasteiger partial charge on any atom is 0.243 e. The molecule has 1 aromatic rings. The first-order valence-corrected chi connectivity index (χ1v) is 11.7. The van der Waals surface area contributed by atoms with E-state index in [-0.39, 0.29) is 5.91 Å². The molecule has 1 aliphatic rings. The number of thioether (sulfide) groups is 1. The van der Waals surface area contributed by atoms with Gasteiger partial charge >= 0.3 is 0 Å². The quantitative estimate of drug-likeness (QED) is 0.700. The molecule has 0 spiro atoms. The minimum atomic E-state index is -3.48. The standard InChI is InChI=1S/C18H28N2O3S2/c1-20(25(2,22)23)17(15-9-5-3-6-10-15)18(21)19-13-14-24-16-11-7-4-8-12-16/h3,5-6,9-10,16-17H,4,7-8,11-14H2,1-2H3,(H,19,21)/t17-/m1/s1. The molecule has 0 unspecified atom stereocenters. The molecule has 0 saturated heterocycles. The van der Waals surface area contributed by atoms with Gasteiger partial charge < -0.3 is 5.32 Å². The SMILES string of the molecule is CN([C@@H](C(=O)NCCSC1CCCCC1)c1ccccc1)S(C)(=O)=O. The van der Waals surface area contributed by atoms with Gasteiger partial charge in [-0.05, 0) is 18.4 Å². The Morgan fingerprint density at radius 1 is 1.24 bits per heavy atom. The van der Waals surface area contributed by atoms with E-state index in [4.69, 9.17) is 0 Å². The van der Waals surface area contributed by atoms with Crippen molar-refractivity contribution in [2.45, 2.75) is 43.4 Å². The van der Waals surface area contributed by atoms with E-state index in [1.165, 1.54) is 39.2 Å². The Labute approximate surface area is 155 Å². The zero-order valence-electron chi connectivity index (χ0n) is 15.0. The minimum Gasteiger partial charge on any atom is -0.354 e. The van der Waals surface area contributed by atoms with Crippen LogP contribution in [-0.2, 0) is 14.8 Å². The van der Waals surface area contributed by atoms with Gasteiger partial charge in [-0.1, -0.05) is 49.6 Å². The molecule has 1 amide bonds. The van der Waals surface area contributed by atoms with Crippen LogP contribution < -0.4 is 5.32 Å². The van der Waals surface area contributed by atoms with E-state index < -0.39 is 16.1 Å². The largest absolute Gasteiger partial charge is 0.354 e. The van der Waals surface area contributed by atoms with Crippen molar-refractivity contribution in [3.8, 4) is 0 Å². The van der Waals surface area contributed by atoms with Gasteiger partial charge in [-0.3, -0.25) is 4.79 Å². The maximum atomic E-state index is 12.7. The van der Waals surface area contributed by atoms with Crippen molar-refractivity contribution >= 4 is 27.7 Å². The fourth-order valence-electron chi connectivity index (χ4n) is 3.08. The number of benzene rings is 1. The Bertz CT molecular complexity index is 644. The van der Waals surface area contributed by atoms with Crippen LogP contribution in [0.25, 0.3) is 0 Å². The van der Waals surface area contributed by atoms with Crippen molar-refractivity contribution in [3.63, 3.8) is 0 Å². The Morgan fingerprint density at radius 3 is 2.48 bits per heavy atom. The third-order valence-corrected chi connectivity index (χ3v) is 7.20. The summed E-state index contributed by atoms with van der Waals surface area (Å²) in [6, 6.07) is 8.19. The number of nitrogens with one attached hydrogen (secondary N) is 1. The lowest BCUT2D eigenvalue weighted by molar-refractivity contribution is -0.124. The van der Waals surface area contributed by atoms with E-state index in [1.54, 1.807) is 12.1 Å². The van der Waals surface area contributed by atoms with Crippen molar-refractivity contribution < 1.29 is 13.2 Å². The second kappa shape index (κ2) is 9.59. The highest BCUT2D eigenvalue weighted by molar-refractivity contribution is 7.99. The molecule has 0 bridgehead atoms. The van der Waals surface area contributed by atoms with Crippen LogP contribution in [0.1, 0.15) is 43.7 Å². The molecule has 140 valence electrons. The van der Waals surface area contributed by atoms with Crippen LogP contribution >= 0.6 is 11.8 Å². The van der Waals surface area contributed by atoms with Crippen LogP contribution in [0.3, 0.4) is 0 Å². The lowest BCUT2D eigenvalue weighted by Crippen LogP contribution is -2.41. The molecular formula is C18H28N2O3S2. The molecule has 0 aliphatic heterocycles. The average molecular weight is 385 g/mol. The molecule has 0 radical (unpaired) electrons. The van der Waals surface area contributed by atoms with Crippen LogP contribution in [0.4, 0.5) is 0 Å². The minimum absolute atomic E-state index is 0.275. The number of carbonyl (C=O) groups excluding carboxylic acids is 1. The zero-order valence-corrected chi connectivity index (χ0v) is 16.6. The van der Waals surface area contributed by atoms with E-state index in [0.29, 0.717) is 17.4 Å². The molecule has 1 N–H and O–H groups in total. The molecule has 25 heavy (non-hydrogen) atoms. The van der Waals surface area contributed by atoms with Gasteiger partial charge in [-0.2, -0.15) is 16.1 Å². The molecular weight excluding hydrogens is 356 g/mol. The highest BCUT2D eigenvalue weighted by Crippen LogP contribution is 2.28. The summed E-state index contributed by atoms with van der Waals surface area (Å²) in [7, 11) is -2.03. The summed E-state index contributed by atoms with van der Waals surface area (Å²) >= 11 is 1.91. The van der Waals surface area contributed by atoms with Gasteiger partial charge in [0, 0.05) is 24.6 Å². The number of carbonyl (C=O) groups is 1. The van der Waals surface area contributed by atoms with Crippen LogP contribution in [0, 0.1) is 0 Å². The summed E-state index contributed by atoms with van der Waals surface area (Å²) in [6.45, 7) is 0.556. The molecule has 0 heterocycles. The van der Waals surface area contributed by atoms with E-state index in [2.05, 4.69) is 5.32 Å². The zero-order chi connectivity index (χ0) is 18.3. The Kier molecular flexibility index (Phi) is 7.78. The summed E-state index contributed by atoms with van der Waals surface area (Å²) in [5.41, 5.74) is 0.674. The molecule has 0 aromatic heterocycles. The fourth-order valence-corrected chi connectivity index (χ4v) is 4.90. The van der Waals surface area contributed by atoms with Crippen molar-refractivity contribution in [1.29, 1.82) is 0 Å². The first kappa shape index (κ1) is 20.3. The third kappa shape index (κ3) is 6.31. The number of amides is 1. The number of hydrogen-bond acceptors (Lipinski definition) is 4. The highest BCUT2D eigenvalue weighted by Gasteiger charge is 2.30. The lowest BCUT2D eigenvalue weighted by atomic mass is 10.0. The van der Waals surface area contributed by atoms with Gasteiger partial charge in [0.15, 0.2) is 0 Å². The topological polar surface area (TPSA) is 66.5 Å². The maximum absolute atomic E-state index is 12.7. The van der Waals surface area contributed by atoms with Gasteiger partial charge in [0.25, 0.3) is 0 Å². The summed E-state index contributed by atoms with van der Waals surface area (Å²) in [6.07, 6.45) is 7.60. The number of nitrogens with zero attached hydrogens (tertiary/aromatic N) is 1. The van der Waals surface area contributed by atoms with Crippen molar-refractivity contribution in [3.05, 3.63) is 35.9 Å². The molecule has 1 aliphatic carbocycles. The second-order valence-corrected chi connectivity index (χ2v) is 9.96. The molecule has 5 nitrogen and oxygen atoms in total. The van der Waals surface area contributed by atoms with Gasteiger partial charge in [0.05, 0.1) is 6.26 Å². The van der Waals surface area contributed by atoms with E-state index >= 15 is 0 Å². The molecule has 1 atom stereocenters. The summed E-state index contributed by atoms with van der Waals surface area (Å²) in [5, 5.41) is 3.61. The Morgan fingerprint density at radius 2 is 1.88 bits per heavy atom. The van der Waals surface area contributed by atoms with E-state index in [0.717, 1.165) is 16.3 Å². The first-order valence-electron chi connectivity index (χ1n) is 8.77. The monoisotopic (exact) mass is 384 g/mol. The van der Waals surface area contributed by atoms with Gasteiger partial charge in [-0.15, -0.1) is 0 Å². The van der Waals surface area contributed by atoms with Gasteiger partial charge in [0.1, 0.15) is 6.04 Å². The normalized spacial score (nSPS) is 17.4. The highest BCUT2D eigenvalue weighted by atomic mass is 32.2. The molecule has 1 aromatic carbocycles. The van der Waals surface area contributed by atoms with Crippen molar-refractivity contribution in [2.24, 2.45) is 0 Å². The van der Waals surface area contributed by atoms with E-state index in [1.807, 2.05) is 30.0 Å². The van der Waals surface area contributed by atoms with Crippen LogP contribution in [0.5, 0.6) is 0 Å². The van der Waals surface area contributed by atoms with Gasteiger partial charge in [0.2, 0.25) is 15.9 Å². The number of sulfonamides is 1. The summed E-state index contributed by atoms with van der Waals surface area (Å²) < 4.78 is 25.0. The average Bonchev–Trinajstić information content (AvgIpc) is 2.60. The molecule has 1 fully saturated rings. The smallest absolute Gasteiger partial charge is 0.243 e. The van der Waals surface area contributed by atoms with Crippen molar-refractivity contribution in [2.75, 3.05) is 25.6 Å². The predicted octanol–water partition coefficient (Wildman–Crippen LogP) is 2.80. The molecule has 1 saturated carbocycles. The van der Waals surface area contributed by atoms with Gasteiger partial charge in [-0.25, -0.2) is 8.42 Å². The van der Waals surface area contributed by atoms with Crippen molar-refractivity contribution in [1.82, 2.24) is 9.62 Å². The number of likely N-dealkylation sites (N-methyl/N-ethyl adjacent to an activating group) is 1. The summed E-state index contributed by atoms with van der Waals surface area (Å²) in [5.74, 6) is 0.587. The van der Waals surface area contributed by atoms with Crippen LogP contribution in [-0.4, -0.2) is 49.5 Å². The third-order valence-electron chi connectivity index (χ3n) is 4.56. The number of rotatable bonds is 8. The summed E-state index contributed by atoms with van der Waals surface area (Å²) in [4.78, 5) is 12.7. The number of hydrogen-bond donors (Lipinski definition) is 1. The lowest BCUT2D eigenvalue weighted by Gasteiger charge is -2.26.